The number of hydrogen-bond donors (Lipinski definition) is 1. The number of nitrogens with zero attached hydrogens (tertiary/aromatic N) is 2. The lowest BCUT2D eigenvalue weighted by Gasteiger charge is -2.13. The van der Waals surface area contributed by atoms with E-state index in [1.165, 1.54) is 30.3 Å². The van der Waals surface area contributed by atoms with Crippen LogP contribution in [-0.4, -0.2) is 24.6 Å². The fourth-order valence-electron chi connectivity index (χ4n) is 2.12. The van der Waals surface area contributed by atoms with Gasteiger partial charge >= 0.3 is 0 Å². The van der Waals surface area contributed by atoms with Crippen molar-refractivity contribution in [1.29, 1.82) is 0 Å². The maximum Gasteiger partial charge on any atom is 0.185 e. The van der Waals surface area contributed by atoms with E-state index in [-0.39, 0.29) is 0 Å². The predicted octanol–water partition coefficient (Wildman–Crippen LogP) is 2.73. The summed E-state index contributed by atoms with van der Waals surface area (Å²) in [5, 5.41) is 6.83. The van der Waals surface area contributed by atoms with Crippen molar-refractivity contribution in [1.82, 2.24) is 10.3 Å². The van der Waals surface area contributed by atoms with Crippen LogP contribution in [0.2, 0.25) is 0 Å². The maximum absolute atomic E-state index is 4.71. The van der Waals surface area contributed by atoms with Crippen molar-refractivity contribution in [2.45, 2.75) is 33.7 Å². The Kier molecular flexibility index (Phi) is 4.40. The Labute approximate surface area is 108 Å². The molecule has 4 heteroatoms. The third-order valence-electron chi connectivity index (χ3n) is 3.09. The van der Waals surface area contributed by atoms with Gasteiger partial charge in [0, 0.05) is 25.0 Å². The normalized spacial score (nSPS) is 20.5. The molecule has 0 radical (unpaired) electrons. The summed E-state index contributed by atoms with van der Waals surface area (Å²) < 4.78 is 0. The van der Waals surface area contributed by atoms with Crippen LogP contribution in [-0.2, 0) is 6.54 Å². The maximum atomic E-state index is 4.71. The number of hydrogen-bond acceptors (Lipinski definition) is 4. The molecule has 1 aromatic heterocycles. The van der Waals surface area contributed by atoms with E-state index >= 15 is 0 Å². The minimum atomic E-state index is 0.701. The Bertz CT molecular complexity index is 348. The molecular weight excluding hydrogens is 230 g/mol. The molecule has 0 aromatic carbocycles. The lowest BCUT2D eigenvalue weighted by molar-refractivity contribution is 0.549. The molecule has 96 valence electrons. The van der Waals surface area contributed by atoms with E-state index in [1.807, 2.05) is 0 Å². The summed E-state index contributed by atoms with van der Waals surface area (Å²) in [6.45, 7) is 11.1. The van der Waals surface area contributed by atoms with Crippen molar-refractivity contribution in [3.8, 4) is 0 Å². The van der Waals surface area contributed by atoms with Crippen molar-refractivity contribution in [3.63, 3.8) is 0 Å². The van der Waals surface area contributed by atoms with Crippen molar-refractivity contribution in [3.05, 3.63) is 11.1 Å². The molecule has 1 atom stereocenters. The van der Waals surface area contributed by atoms with Crippen LogP contribution in [0, 0.1) is 11.8 Å². The van der Waals surface area contributed by atoms with Crippen molar-refractivity contribution in [2.24, 2.45) is 11.8 Å². The molecule has 1 unspecified atom stereocenters. The third-order valence-corrected chi connectivity index (χ3v) is 4.04. The predicted molar refractivity (Wildman–Crippen MR) is 74.7 cm³/mol. The Balaban J connectivity index is 1.83. The lowest BCUT2D eigenvalue weighted by atomic mass is 10.2. The molecule has 0 aliphatic carbocycles. The van der Waals surface area contributed by atoms with E-state index in [2.05, 4.69) is 36.4 Å². The fourth-order valence-corrected chi connectivity index (χ4v) is 2.98. The Morgan fingerprint density at radius 2 is 2.41 bits per heavy atom. The molecule has 0 amide bonds. The molecule has 2 heterocycles. The van der Waals surface area contributed by atoms with Crippen molar-refractivity contribution in [2.75, 3.05) is 24.5 Å². The molecule has 0 bridgehead atoms. The van der Waals surface area contributed by atoms with Crippen LogP contribution in [0.1, 0.15) is 32.9 Å². The first kappa shape index (κ1) is 12.8. The quantitative estimate of drug-likeness (QED) is 0.874. The number of nitrogens with one attached hydrogen (secondary N) is 1. The van der Waals surface area contributed by atoms with Gasteiger partial charge in [0.2, 0.25) is 0 Å². The van der Waals surface area contributed by atoms with Crippen LogP contribution >= 0.6 is 11.3 Å². The highest BCUT2D eigenvalue weighted by atomic mass is 32.1. The zero-order chi connectivity index (χ0) is 12.3. The van der Waals surface area contributed by atoms with Gasteiger partial charge in [0.05, 0.1) is 5.69 Å². The SMILES string of the molecule is CC(C)CNCc1csc(N2CCC(C)C2)n1. The summed E-state index contributed by atoms with van der Waals surface area (Å²) in [4.78, 5) is 7.12. The van der Waals surface area contributed by atoms with Gasteiger partial charge < -0.3 is 10.2 Å². The van der Waals surface area contributed by atoms with E-state index in [0.29, 0.717) is 5.92 Å². The molecular formula is C13H23N3S. The smallest absolute Gasteiger partial charge is 0.185 e. The molecule has 1 aliphatic heterocycles. The lowest BCUT2D eigenvalue weighted by Crippen LogP contribution is -2.20. The summed E-state index contributed by atoms with van der Waals surface area (Å²) in [7, 11) is 0. The Hall–Kier alpha value is -0.610. The third kappa shape index (κ3) is 3.68. The summed E-state index contributed by atoms with van der Waals surface area (Å²) in [5.41, 5.74) is 1.19. The second-order valence-corrected chi connectivity index (χ2v) is 6.32. The Morgan fingerprint density at radius 1 is 1.59 bits per heavy atom. The van der Waals surface area contributed by atoms with Crippen molar-refractivity contribution >= 4 is 16.5 Å². The van der Waals surface area contributed by atoms with E-state index in [1.54, 1.807) is 11.3 Å². The second-order valence-electron chi connectivity index (χ2n) is 5.49. The molecule has 1 N–H and O–H groups in total. The van der Waals surface area contributed by atoms with Crippen LogP contribution in [0.15, 0.2) is 5.38 Å². The molecule has 1 fully saturated rings. The van der Waals surface area contributed by atoms with Gasteiger partial charge in [0.1, 0.15) is 0 Å². The van der Waals surface area contributed by atoms with E-state index in [4.69, 9.17) is 4.98 Å². The number of thiazole rings is 1. The van der Waals surface area contributed by atoms with Crippen LogP contribution < -0.4 is 10.2 Å². The zero-order valence-electron chi connectivity index (χ0n) is 11.1. The number of rotatable bonds is 5. The minimum absolute atomic E-state index is 0.701. The fraction of sp³-hybridized carbons (Fsp3) is 0.769. The van der Waals surface area contributed by atoms with Gasteiger partial charge in [0.25, 0.3) is 0 Å². The highest BCUT2D eigenvalue weighted by molar-refractivity contribution is 7.13. The molecule has 2 rings (SSSR count). The minimum Gasteiger partial charge on any atom is -0.348 e. The van der Waals surface area contributed by atoms with Gasteiger partial charge in [0.15, 0.2) is 5.13 Å². The van der Waals surface area contributed by atoms with Gasteiger partial charge in [-0.2, -0.15) is 0 Å². The van der Waals surface area contributed by atoms with Gasteiger partial charge in [-0.3, -0.25) is 0 Å². The average molecular weight is 253 g/mol. The zero-order valence-corrected chi connectivity index (χ0v) is 11.9. The molecule has 17 heavy (non-hydrogen) atoms. The summed E-state index contributed by atoms with van der Waals surface area (Å²) in [6, 6.07) is 0. The monoisotopic (exact) mass is 253 g/mol. The van der Waals surface area contributed by atoms with E-state index in [0.717, 1.165) is 19.0 Å². The second kappa shape index (κ2) is 5.83. The summed E-state index contributed by atoms with van der Waals surface area (Å²) in [6.07, 6.45) is 1.31. The molecule has 0 saturated carbocycles. The van der Waals surface area contributed by atoms with Gasteiger partial charge in [-0.25, -0.2) is 4.98 Å². The largest absolute Gasteiger partial charge is 0.348 e. The van der Waals surface area contributed by atoms with E-state index < -0.39 is 0 Å². The van der Waals surface area contributed by atoms with Crippen molar-refractivity contribution < 1.29 is 0 Å². The van der Waals surface area contributed by atoms with Crippen LogP contribution in [0.5, 0.6) is 0 Å². The summed E-state index contributed by atoms with van der Waals surface area (Å²) >= 11 is 1.78. The number of aromatic nitrogens is 1. The van der Waals surface area contributed by atoms with Crippen LogP contribution in [0.4, 0.5) is 5.13 Å². The van der Waals surface area contributed by atoms with E-state index in [9.17, 15) is 0 Å². The molecule has 0 spiro atoms. The molecule has 1 saturated heterocycles. The molecule has 1 aliphatic rings. The van der Waals surface area contributed by atoms with Gasteiger partial charge in [-0.15, -0.1) is 11.3 Å². The standard InChI is InChI=1S/C13H23N3S/c1-10(2)6-14-7-12-9-17-13(15-12)16-5-4-11(3)8-16/h9-11,14H,4-8H2,1-3H3. The first-order valence-corrected chi connectivity index (χ1v) is 7.43. The molecule has 1 aromatic rings. The van der Waals surface area contributed by atoms with Gasteiger partial charge in [-0.05, 0) is 24.8 Å². The first-order valence-electron chi connectivity index (χ1n) is 6.55. The molecule has 3 nitrogen and oxygen atoms in total. The Morgan fingerprint density at radius 3 is 3.06 bits per heavy atom. The topological polar surface area (TPSA) is 28.2 Å². The highest BCUT2D eigenvalue weighted by Crippen LogP contribution is 2.26. The summed E-state index contributed by atoms with van der Waals surface area (Å²) in [5.74, 6) is 1.52. The van der Waals surface area contributed by atoms with Gasteiger partial charge in [-0.1, -0.05) is 20.8 Å². The van der Waals surface area contributed by atoms with Crippen LogP contribution in [0.3, 0.4) is 0 Å². The van der Waals surface area contributed by atoms with Crippen LogP contribution in [0.25, 0.3) is 0 Å². The average Bonchev–Trinajstić information content (AvgIpc) is 2.86. The number of anilines is 1. The highest BCUT2D eigenvalue weighted by Gasteiger charge is 2.20. The first-order chi connectivity index (χ1) is 8.15.